The third-order valence-electron chi connectivity index (χ3n) is 8.61. The van der Waals surface area contributed by atoms with Crippen LogP contribution in [-0.2, 0) is 9.59 Å². The van der Waals surface area contributed by atoms with E-state index in [1.54, 1.807) is 0 Å². The minimum atomic E-state index is -0.671. The fraction of sp³-hybridized carbons (Fsp3) is 0.750. The van der Waals surface area contributed by atoms with Gasteiger partial charge < -0.3 is 10.8 Å². The van der Waals surface area contributed by atoms with Gasteiger partial charge in [0.2, 0.25) is 5.91 Å². The number of rotatable bonds is 33. The summed E-state index contributed by atoms with van der Waals surface area (Å²) in [6.45, 7) is 4.48. The summed E-state index contributed by atoms with van der Waals surface area (Å²) in [5, 5.41) is 9.67. The summed E-state index contributed by atoms with van der Waals surface area (Å²) in [6.07, 6.45) is 46.6. The van der Waals surface area contributed by atoms with Crippen molar-refractivity contribution in [3.8, 4) is 0 Å². The van der Waals surface area contributed by atoms with E-state index in [4.69, 9.17) is 5.73 Å². The molecular formula is C40H71NO3. The normalized spacial score (nSPS) is 13.6. The molecule has 0 saturated heterocycles. The van der Waals surface area contributed by atoms with Crippen molar-refractivity contribution >= 4 is 11.9 Å². The summed E-state index contributed by atoms with van der Waals surface area (Å²) in [5.41, 5.74) is 5.69. The van der Waals surface area contributed by atoms with Gasteiger partial charge in [-0.1, -0.05) is 140 Å². The molecule has 0 aliphatic carbocycles. The van der Waals surface area contributed by atoms with Crippen molar-refractivity contribution in [2.45, 2.75) is 181 Å². The molecule has 4 heteroatoms. The summed E-state index contributed by atoms with van der Waals surface area (Å²) in [6, 6.07) is 0. The lowest BCUT2D eigenvalue weighted by Crippen LogP contribution is -2.23. The molecular weight excluding hydrogens is 542 g/mol. The molecule has 0 aliphatic rings. The lowest BCUT2D eigenvalue weighted by atomic mass is 9.91. The Bertz CT molecular complexity index is 703. The first-order chi connectivity index (χ1) is 21.5. The number of amides is 1. The second-order valence-electron chi connectivity index (χ2n) is 12.8. The van der Waals surface area contributed by atoms with Crippen LogP contribution in [0.4, 0.5) is 0 Å². The van der Waals surface area contributed by atoms with Gasteiger partial charge in [-0.25, -0.2) is 0 Å². The molecule has 44 heavy (non-hydrogen) atoms. The molecule has 0 bridgehead atoms. The maximum Gasteiger partial charge on any atom is 0.306 e. The molecule has 0 fully saturated rings. The highest BCUT2D eigenvalue weighted by molar-refractivity contribution is 5.76. The second kappa shape index (κ2) is 33.8. The van der Waals surface area contributed by atoms with Crippen LogP contribution in [0.2, 0.25) is 0 Å². The number of carboxylic acid groups (broad SMARTS) is 1. The lowest BCUT2D eigenvalue weighted by Gasteiger charge is -2.15. The van der Waals surface area contributed by atoms with E-state index in [1.165, 1.54) is 70.6 Å². The van der Waals surface area contributed by atoms with Crippen LogP contribution in [0.5, 0.6) is 0 Å². The summed E-state index contributed by atoms with van der Waals surface area (Å²) in [4.78, 5) is 23.7. The van der Waals surface area contributed by atoms with Crippen LogP contribution in [0, 0.1) is 11.8 Å². The number of hydrogen-bond acceptors (Lipinski definition) is 2. The van der Waals surface area contributed by atoms with E-state index in [1.807, 2.05) is 0 Å². The molecule has 0 aromatic carbocycles. The first-order valence-electron chi connectivity index (χ1n) is 18.6. The van der Waals surface area contributed by atoms with Gasteiger partial charge in [0.25, 0.3) is 0 Å². The second-order valence-corrected chi connectivity index (χ2v) is 12.8. The third kappa shape index (κ3) is 29.9. The number of carbonyl (C=O) groups is 2. The van der Waals surface area contributed by atoms with Gasteiger partial charge in [-0.05, 0) is 89.9 Å². The standard InChI is InChI=1S/C40H71NO3/c1-3-5-7-9-11-13-15-17-19-21-23-25-27-29-33-37(39(41)42)34-31-32-36-38(40(43)44)35-30-28-26-24-22-20-18-16-14-12-10-8-6-4-2/h11-14,17-20,37-38H,3-10,15-16,21-36H2,1-2H3,(H2,41,42)(H,43,44)/b13-11-,14-12-,19-17-,20-18-. The Hall–Kier alpha value is -2.10. The van der Waals surface area contributed by atoms with Crippen LogP contribution in [0.3, 0.4) is 0 Å². The largest absolute Gasteiger partial charge is 0.481 e. The van der Waals surface area contributed by atoms with Gasteiger partial charge in [0.05, 0.1) is 5.92 Å². The van der Waals surface area contributed by atoms with Crippen molar-refractivity contribution in [1.29, 1.82) is 0 Å². The highest BCUT2D eigenvalue weighted by atomic mass is 16.4. The van der Waals surface area contributed by atoms with E-state index in [0.717, 1.165) is 89.9 Å². The minimum absolute atomic E-state index is 0.0712. The molecule has 0 aliphatic heterocycles. The Labute approximate surface area is 273 Å². The smallest absolute Gasteiger partial charge is 0.306 e. The average Bonchev–Trinajstić information content (AvgIpc) is 3.00. The summed E-state index contributed by atoms with van der Waals surface area (Å²) in [7, 11) is 0. The van der Waals surface area contributed by atoms with E-state index in [2.05, 4.69) is 62.5 Å². The molecule has 2 atom stereocenters. The number of primary amides is 1. The molecule has 2 unspecified atom stereocenters. The molecule has 1 amide bonds. The number of carbonyl (C=O) groups excluding carboxylic acids is 1. The van der Waals surface area contributed by atoms with Crippen molar-refractivity contribution in [3.63, 3.8) is 0 Å². The molecule has 0 aromatic heterocycles. The number of unbranched alkanes of at least 4 members (excludes halogenated alkanes) is 15. The van der Waals surface area contributed by atoms with Crippen molar-refractivity contribution in [2.75, 3.05) is 0 Å². The predicted molar refractivity (Wildman–Crippen MR) is 192 cm³/mol. The first kappa shape index (κ1) is 41.9. The Morgan fingerprint density at radius 2 is 0.795 bits per heavy atom. The highest BCUT2D eigenvalue weighted by Gasteiger charge is 2.18. The predicted octanol–water partition coefficient (Wildman–Crippen LogP) is 12.2. The monoisotopic (exact) mass is 614 g/mol. The van der Waals surface area contributed by atoms with Gasteiger partial charge in [-0.3, -0.25) is 9.59 Å². The number of allylic oxidation sites excluding steroid dienone is 8. The van der Waals surface area contributed by atoms with Gasteiger partial charge in [0.15, 0.2) is 0 Å². The molecule has 0 aromatic rings. The van der Waals surface area contributed by atoms with Gasteiger partial charge >= 0.3 is 5.97 Å². The Morgan fingerprint density at radius 3 is 1.14 bits per heavy atom. The molecule has 0 saturated carbocycles. The number of nitrogens with two attached hydrogens (primary N) is 1. The topological polar surface area (TPSA) is 80.4 Å². The van der Waals surface area contributed by atoms with Crippen molar-refractivity contribution in [3.05, 3.63) is 48.6 Å². The molecule has 4 nitrogen and oxygen atoms in total. The van der Waals surface area contributed by atoms with E-state index >= 15 is 0 Å². The van der Waals surface area contributed by atoms with Crippen molar-refractivity contribution < 1.29 is 14.7 Å². The molecule has 0 spiro atoms. The van der Waals surface area contributed by atoms with Crippen LogP contribution in [0.15, 0.2) is 48.6 Å². The Kier molecular flexibility index (Phi) is 32.2. The maximum atomic E-state index is 12.0. The molecule has 254 valence electrons. The van der Waals surface area contributed by atoms with Gasteiger partial charge in [0.1, 0.15) is 0 Å². The Morgan fingerprint density at radius 1 is 0.477 bits per heavy atom. The molecule has 0 rings (SSSR count). The lowest BCUT2D eigenvalue weighted by molar-refractivity contribution is -0.142. The highest BCUT2D eigenvalue weighted by Crippen LogP contribution is 2.22. The van der Waals surface area contributed by atoms with Crippen LogP contribution in [-0.4, -0.2) is 17.0 Å². The zero-order valence-electron chi connectivity index (χ0n) is 29.0. The minimum Gasteiger partial charge on any atom is -0.481 e. The van der Waals surface area contributed by atoms with Gasteiger partial charge in [0, 0.05) is 5.92 Å². The van der Waals surface area contributed by atoms with Crippen LogP contribution >= 0.6 is 0 Å². The van der Waals surface area contributed by atoms with Crippen LogP contribution in [0.1, 0.15) is 181 Å². The fourth-order valence-electron chi connectivity index (χ4n) is 5.65. The number of hydrogen-bond donors (Lipinski definition) is 2. The maximum absolute atomic E-state index is 12.0. The first-order valence-corrected chi connectivity index (χ1v) is 18.6. The quantitative estimate of drug-likeness (QED) is 0.0570. The molecule has 3 N–H and O–H groups in total. The molecule has 0 radical (unpaired) electrons. The number of aliphatic carboxylic acids is 1. The van der Waals surface area contributed by atoms with Gasteiger partial charge in [-0.2, -0.15) is 0 Å². The third-order valence-corrected chi connectivity index (χ3v) is 8.61. The van der Waals surface area contributed by atoms with Crippen molar-refractivity contribution in [2.24, 2.45) is 17.6 Å². The summed E-state index contributed by atoms with van der Waals surface area (Å²) < 4.78 is 0. The van der Waals surface area contributed by atoms with Gasteiger partial charge in [-0.15, -0.1) is 0 Å². The van der Waals surface area contributed by atoms with Crippen LogP contribution in [0.25, 0.3) is 0 Å². The molecule has 0 heterocycles. The Balaban J connectivity index is 3.87. The zero-order chi connectivity index (χ0) is 32.4. The van der Waals surface area contributed by atoms with E-state index in [-0.39, 0.29) is 17.7 Å². The fourth-order valence-corrected chi connectivity index (χ4v) is 5.65. The van der Waals surface area contributed by atoms with Crippen molar-refractivity contribution in [1.82, 2.24) is 0 Å². The number of carboxylic acids is 1. The van der Waals surface area contributed by atoms with E-state index < -0.39 is 5.97 Å². The van der Waals surface area contributed by atoms with Crippen LogP contribution < -0.4 is 5.73 Å². The summed E-state index contributed by atoms with van der Waals surface area (Å²) >= 11 is 0. The zero-order valence-corrected chi connectivity index (χ0v) is 29.0. The van der Waals surface area contributed by atoms with E-state index in [0.29, 0.717) is 6.42 Å². The SMILES string of the molecule is CCCCC/C=C\C/C=C\CCCCCCC(CCCCC(CCCCCC/C=C\C/C=C\CCCCC)C(=O)O)C(N)=O. The van der Waals surface area contributed by atoms with E-state index in [9.17, 15) is 14.7 Å². The average molecular weight is 614 g/mol. The summed E-state index contributed by atoms with van der Waals surface area (Å²) in [5.74, 6) is -1.20.